The van der Waals surface area contributed by atoms with E-state index in [9.17, 15) is 0 Å². The lowest BCUT2D eigenvalue weighted by Crippen LogP contribution is -2.04. The molecule has 2 aromatic heterocycles. The summed E-state index contributed by atoms with van der Waals surface area (Å²) in [6, 6.07) is 10.2. The molecule has 5 nitrogen and oxygen atoms in total. The second-order valence-corrected chi connectivity index (χ2v) is 4.07. The number of aryl methyl sites for hydroxylation is 1. The molecule has 1 N–H and O–H groups in total. The van der Waals surface area contributed by atoms with Crippen LogP contribution in [0.15, 0.2) is 42.9 Å². The fourth-order valence-electron chi connectivity index (χ4n) is 1.88. The van der Waals surface area contributed by atoms with E-state index in [1.54, 1.807) is 6.20 Å². The summed E-state index contributed by atoms with van der Waals surface area (Å²) in [5, 5.41) is 3.30. The molecule has 3 rings (SSSR count). The molecule has 0 saturated heterocycles. The van der Waals surface area contributed by atoms with E-state index in [0.29, 0.717) is 0 Å². The third kappa shape index (κ3) is 1.90. The lowest BCUT2D eigenvalue weighted by atomic mass is 10.2. The smallest absolute Gasteiger partial charge is 0.205 e. The van der Waals surface area contributed by atoms with Gasteiger partial charge < -0.3 is 5.32 Å². The molecule has 18 heavy (non-hydrogen) atoms. The van der Waals surface area contributed by atoms with Gasteiger partial charge in [-0.1, -0.05) is 30.3 Å². The van der Waals surface area contributed by atoms with Gasteiger partial charge in [0.25, 0.3) is 0 Å². The van der Waals surface area contributed by atoms with Gasteiger partial charge in [-0.2, -0.15) is 0 Å². The molecule has 5 heteroatoms. The monoisotopic (exact) mass is 239 g/mol. The molecule has 0 aliphatic rings. The summed E-state index contributed by atoms with van der Waals surface area (Å²) in [7, 11) is 1.94. The lowest BCUT2D eigenvalue weighted by Gasteiger charge is -2.05. The fourth-order valence-corrected chi connectivity index (χ4v) is 1.88. The largest absolute Gasteiger partial charge is 0.352 e. The predicted octanol–water partition coefficient (Wildman–Crippen LogP) is 1.98. The summed E-state index contributed by atoms with van der Waals surface area (Å²) in [6.07, 6.45) is 3.25. The number of hydrogen-bond donors (Lipinski definition) is 1. The van der Waals surface area contributed by atoms with Gasteiger partial charge in [0, 0.05) is 13.6 Å². The van der Waals surface area contributed by atoms with Crippen LogP contribution in [0, 0.1) is 0 Å². The molecule has 3 aromatic rings. The van der Waals surface area contributed by atoms with Crippen molar-refractivity contribution < 1.29 is 0 Å². The molecule has 0 spiro atoms. The Morgan fingerprint density at radius 3 is 2.83 bits per heavy atom. The van der Waals surface area contributed by atoms with Gasteiger partial charge in [-0.3, -0.25) is 4.57 Å². The highest BCUT2D eigenvalue weighted by molar-refractivity contribution is 5.73. The summed E-state index contributed by atoms with van der Waals surface area (Å²) >= 11 is 0. The summed E-state index contributed by atoms with van der Waals surface area (Å²) in [4.78, 5) is 12.6. The molecule has 0 aliphatic heterocycles. The first-order chi connectivity index (χ1) is 8.84. The predicted molar refractivity (Wildman–Crippen MR) is 70.1 cm³/mol. The van der Waals surface area contributed by atoms with Crippen molar-refractivity contribution >= 4 is 17.1 Å². The van der Waals surface area contributed by atoms with Crippen LogP contribution >= 0.6 is 0 Å². The van der Waals surface area contributed by atoms with Crippen molar-refractivity contribution in [1.82, 2.24) is 19.5 Å². The zero-order valence-electron chi connectivity index (χ0n) is 10.0. The Kier molecular flexibility index (Phi) is 2.64. The Morgan fingerprint density at radius 1 is 1.22 bits per heavy atom. The number of nitrogens with one attached hydrogen (secondary N) is 1. The molecular formula is C13H13N5. The van der Waals surface area contributed by atoms with E-state index in [0.717, 1.165) is 23.7 Å². The first-order valence-corrected chi connectivity index (χ1v) is 5.75. The van der Waals surface area contributed by atoms with E-state index in [2.05, 4.69) is 32.4 Å². The molecule has 0 radical (unpaired) electrons. The molecule has 2 heterocycles. The maximum Gasteiger partial charge on any atom is 0.205 e. The second kappa shape index (κ2) is 4.44. The molecule has 90 valence electrons. The summed E-state index contributed by atoms with van der Waals surface area (Å²) < 4.78 is 1.93. The minimum atomic E-state index is 0.741. The van der Waals surface area contributed by atoms with Crippen LogP contribution in [0.3, 0.4) is 0 Å². The van der Waals surface area contributed by atoms with Crippen LogP contribution in [0.5, 0.6) is 0 Å². The standard InChI is InChI=1S/C13H13N5/c1-18-12-11(8-14-9-16-12)17-13(18)15-7-10-5-3-2-4-6-10/h2-6,8-9H,7H2,1H3,(H,15,17). The average molecular weight is 239 g/mol. The number of fused-ring (bicyclic) bond motifs is 1. The van der Waals surface area contributed by atoms with Crippen molar-refractivity contribution in [1.29, 1.82) is 0 Å². The number of hydrogen-bond acceptors (Lipinski definition) is 4. The summed E-state index contributed by atoms with van der Waals surface area (Å²) in [6.45, 7) is 0.741. The van der Waals surface area contributed by atoms with Crippen LogP contribution in [0.4, 0.5) is 5.95 Å². The van der Waals surface area contributed by atoms with Gasteiger partial charge in [-0.25, -0.2) is 15.0 Å². The van der Waals surface area contributed by atoms with E-state index in [1.807, 2.05) is 29.8 Å². The first kappa shape index (κ1) is 10.7. The number of benzene rings is 1. The Hall–Kier alpha value is -2.43. The molecule has 0 saturated carbocycles. The van der Waals surface area contributed by atoms with Gasteiger partial charge in [-0.05, 0) is 5.56 Å². The Morgan fingerprint density at radius 2 is 2.06 bits per heavy atom. The topological polar surface area (TPSA) is 55.6 Å². The highest BCUT2D eigenvalue weighted by atomic mass is 15.2. The van der Waals surface area contributed by atoms with Gasteiger partial charge in [-0.15, -0.1) is 0 Å². The lowest BCUT2D eigenvalue weighted by molar-refractivity contribution is 0.913. The Bertz CT molecular complexity index is 659. The normalized spacial score (nSPS) is 10.7. The summed E-state index contributed by atoms with van der Waals surface area (Å²) in [5.41, 5.74) is 2.85. The molecule has 0 atom stereocenters. The minimum Gasteiger partial charge on any atom is -0.352 e. The third-order valence-electron chi connectivity index (χ3n) is 2.83. The van der Waals surface area contributed by atoms with Gasteiger partial charge in [0.15, 0.2) is 5.65 Å². The average Bonchev–Trinajstić information content (AvgIpc) is 2.75. The Balaban J connectivity index is 1.85. The van der Waals surface area contributed by atoms with Crippen molar-refractivity contribution in [3.05, 3.63) is 48.4 Å². The molecule has 1 aromatic carbocycles. The third-order valence-corrected chi connectivity index (χ3v) is 2.83. The van der Waals surface area contributed by atoms with Crippen LogP contribution in [0.1, 0.15) is 5.56 Å². The van der Waals surface area contributed by atoms with E-state index in [4.69, 9.17) is 0 Å². The SMILES string of the molecule is Cn1c(NCc2ccccc2)nc2cncnc21. The van der Waals surface area contributed by atoms with Crippen LogP contribution in [0.25, 0.3) is 11.2 Å². The number of anilines is 1. The minimum absolute atomic E-state index is 0.741. The molecule has 0 bridgehead atoms. The van der Waals surface area contributed by atoms with Gasteiger partial charge >= 0.3 is 0 Å². The molecule has 0 amide bonds. The molecular weight excluding hydrogens is 226 g/mol. The van der Waals surface area contributed by atoms with Crippen molar-refractivity contribution in [3.63, 3.8) is 0 Å². The Labute approximate surface area is 105 Å². The number of imidazole rings is 1. The molecule has 0 aliphatic carbocycles. The fraction of sp³-hybridized carbons (Fsp3) is 0.154. The second-order valence-electron chi connectivity index (χ2n) is 4.07. The van der Waals surface area contributed by atoms with E-state index >= 15 is 0 Å². The van der Waals surface area contributed by atoms with Crippen molar-refractivity contribution in [3.8, 4) is 0 Å². The van der Waals surface area contributed by atoms with Crippen LogP contribution in [-0.4, -0.2) is 19.5 Å². The number of aromatic nitrogens is 4. The van der Waals surface area contributed by atoms with Gasteiger partial charge in [0.1, 0.15) is 11.8 Å². The van der Waals surface area contributed by atoms with E-state index in [-0.39, 0.29) is 0 Å². The van der Waals surface area contributed by atoms with Crippen LogP contribution in [0.2, 0.25) is 0 Å². The van der Waals surface area contributed by atoms with Crippen molar-refractivity contribution in [2.75, 3.05) is 5.32 Å². The van der Waals surface area contributed by atoms with Gasteiger partial charge in [0.05, 0.1) is 6.20 Å². The highest BCUT2D eigenvalue weighted by Gasteiger charge is 2.07. The molecule has 0 fully saturated rings. The van der Waals surface area contributed by atoms with E-state index < -0.39 is 0 Å². The van der Waals surface area contributed by atoms with Gasteiger partial charge in [0.2, 0.25) is 5.95 Å². The van der Waals surface area contributed by atoms with Crippen molar-refractivity contribution in [2.24, 2.45) is 7.05 Å². The van der Waals surface area contributed by atoms with Crippen molar-refractivity contribution in [2.45, 2.75) is 6.54 Å². The highest BCUT2D eigenvalue weighted by Crippen LogP contribution is 2.15. The summed E-state index contributed by atoms with van der Waals surface area (Å²) in [5.74, 6) is 0.800. The van der Waals surface area contributed by atoms with E-state index in [1.165, 1.54) is 11.9 Å². The quantitative estimate of drug-likeness (QED) is 0.759. The zero-order chi connectivity index (χ0) is 12.4. The zero-order valence-corrected chi connectivity index (χ0v) is 10.0. The molecule has 0 unspecified atom stereocenters. The van der Waals surface area contributed by atoms with Crippen LogP contribution in [-0.2, 0) is 13.6 Å². The maximum atomic E-state index is 4.45. The maximum absolute atomic E-state index is 4.45. The number of nitrogens with zero attached hydrogens (tertiary/aromatic N) is 4. The first-order valence-electron chi connectivity index (χ1n) is 5.75. The van der Waals surface area contributed by atoms with Crippen LogP contribution < -0.4 is 5.32 Å². The number of rotatable bonds is 3.